The molecule has 2 amide bonds. The molecule has 0 aliphatic carbocycles. The van der Waals surface area contributed by atoms with Crippen molar-refractivity contribution in [3.8, 4) is 5.75 Å². The summed E-state index contributed by atoms with van der Waals surface area (Å²) in [4.78, 5) is 26.8. The van der Waals surface area contributed by atoms with Gasteiger partial charge < -0.3 is 20.7 Å². The highest BCUT2D eigenvalue weighted by Gasteiger charge is 2.29. The molecule has 142 valence electrons. The maximum Gasteiger partial charge on any atom is 0.260 e. The fourth-order valence-electron chi connectivity index (χ4n) is 2.61. The molecule has 0 bridgehead atoms. The third kappa shape index (κ3) is 5.23. The predicted molar refractivity (Wildman–Crippen MR) is 107 cm³/mol. The summed E-state index contributed by atoms with van der Waals surface area (Å²) in [7, 11) is 0. The van der Waals surface area contributed by atoms with E-state index in [0.29, 0.717) is 12.3 Å². The number of ether oxygens (including phenoxy) is 1. The Bertz CT molecular complexity index is 725. The molecule has 0 radical (unpaired) electrons. The summed E-state index contributed by atoms with van der Waals surface area (Å²) in [5.74, 6) is -0.0574. The Kier molecular flexibility index (Phi) is 7.47. The molecule has 2 heterocycles. The second-order valence-corrected chi connectivity index (χ2v) is 6.57. The molecule has 1 atom stereocenters. The Morgan fingerprint density at radius 3 is 2.77 bits per heavy atom. The van der Waals surface area contributed by atoms with Gasteiger partial charge in [0.1, 0.15) is 5.75 Å². The van der Waals surface area contributed by atoms with Crippen LogP contribution in [0.4, 0.5) is 5.69 Å². The summed E-state index contributed by atoms with van der Waals surface area (Å²) >= 11 is 1.67. The van der Waals surface area contributed by atoms with Gasteiger partial charge in [-0.15, -0.1) is 11.3 Å². The lowest BCUT2D eigenvalue weighted by atomic mass is 10.2. The number of para-hydroxylation sites is 2. The molecule has 26 heavy (non-hydrogen) atoms. The first-order chi connectivity index (χ1) is 12.6. The van der Waals surface area contributed by atoms with Crippen molar-refractivity contribution < 1.29 is 15.8 Å². The minimum atomic E-state index is -0.751. The highest BCUT2D eigenvalue weighted by atomic mass is 32.1. The van der Waals surface area contributed by atoms with Crippen LogP contribution in [0.25, 0.3) is 0 Å². The summed E-state index contributed by atoms with van der Waals surface area (Å²) in [5, 5.41) is 4.93. The summed E-state index contributed by atoms with van der Waals surface area (Å²) in [6.45, 7) is 5.02. The van der Waals surface area contributed by atoms with E-state index in [9.17, 15) is 9.59 Å². The first kappa shape index (κ1) is 19.8. The number of nitrogens with one attached hydrogen (secondary N) is 1. The first-order valence-corrected chi connectivity index (χ1v) is 9.60. The zero-order chi connectivity index (χ0) is 18.9. The van der Waals surface area contributed by atoms with Crippen molar-refractivity contribution in [3.05, 3.63) is 46.7 Å². The SMILES string of the molecule is CC.NC(=O)C1CN(CC(=O)NCCc2cccs2)c2ccccc2O1.[HH]. The molecular formula is C19H27N3O3S. The normalized spacial score (nSPS) is 15.2. The Morgan fingerprint density at radius 2 is 2.08 bits per heavy atom. The van der Waals surface area contributed by atoms with E-state index in [2.05, 4.69) is 5.32 Å². The predicted octanol–water partition coefficient (Wildman–Crippen LogP) is 2.43. The molecule has 7 heteroatoms. The van der Waals surface area contributed by atoms with Gasteiger partial charge in [-0.3, -0.25) is 9.59 Å². The highest BCUT2D eigenvalue weighted by Crippen LogP contribution is 2.32. The van der Waals surface area contributed by atoms with Gasteiger partial charge in [0.05, 0.1) is 18.8 Å². The zero-order valence-electron chi connectivity index (χ0n) is 15.1. The van der Waals surface area contributed by atoms with Crippen molar-refractivity contribution in [2.45, 2.75) is 26.4 Å². The van der Waals surface area contributed by atoms with Gasteiger partial charge in [0.25, 0.3) is 5.91 Å². The van der Waals surface area contributed by atoms with Gasteiger partial charge in [-0.1, -0.05) is 32.0 Å². The molecule has 0 spiro atoms. The molecule has 6 nitrogen and oxygen atoms in total. The molecule has 3 rings (SSSR count). The minimum Gasteiger partial charge on any atom is -0.477 e. The van der Waals surface area contributed by atoms with E-state index in [0.717, 1.165) is 12.1 Å². The number of nitrogens with two attached hydrogens (primary N) is 1. The molecule has 0 fully saturated rings. The van der Waals surface area contributed by atoms with Crippen molar-refractivity contribution >= 4 is 28.8 Å². The Balaban J connectivity index is 0.00000118. The molecule has 0 saturated heterocycles. The van der Waals surface area contributed by atoms with Crippen molar-refractivity contribution in [2.75, 3.05) is 24.5 Å². The number of rotatable bonds is 6. The number of thiophene rings is 1. The van der Waals surface area contributed by atoms with Crippen LogP contribution >= 0.6 is 11.3 Å². The Labute approximate surface area is 159 Å². The van der Waals surface area contributed by atoms with Gasteiger partial charge in [0.2, 0.25) is 5.91 Å². The van der Waals surface area contributed by atoms with Crippen molar-refractivity contribution in [3.63, 3.8) is 0 Å². The number of primary amides is 1. The maximum atomic E-state index is 12.2. The van der Waals surface area contributed by atoms with E-state index in [1.165, 1.54) is 4.88 Å². The molecule has 1 aromatic carbocycles. The standard InChI is InChI=1S/C17H19N3O3S.C2H6.H2/c18-17(22)15-10-20(13-5-1-2-6-14(13)23-15)11-16(21)19-8-7-12-4-3-9-24-12;1-2;/h1-6,9,15H,7-8,10-11H2,(H2,18,22)(H,19,21);1-2H3;1H. The lowest BCUT2D eigenvalue weighted by Gasteiger charge is -2.34. The van der Waals surface area contributed by atoms with E-state index in [1.807, 2.05) is 54.5 Å². The smallest absolute Gasteiger partial charge is 0.260 e. The van der Waals surface area contributed by atoms with E-state index in [1.54, 1.807) is 17.4 Å². The Hall–Kier alpha value is -2.54. The van der Waals surface area contributed by atoms with Gasteiger partial charge in [0.15, 0.2) is 6.10 Å². The molecule has 1 aromatic heterocycles. The summed E-state index contributed by atoms with van der Waals surface area (Å²) in [6.07, 6.45) is 0.0614. The van der Waals surface area contributed by atoms with Crippen LogP contribution in [0.1, 0.15) is 20.2 Å². The van der Waals surface area contributed by atoms with Crippen LogP contribution in [0.15, 0.2) is 41.8 Å². The molecule has 1 aliphatic rings. The summed E-state index contributed by atoms with van der Waals surface area (Å²) in [6, 6.07) is 11.4. The number of hydrogen-bond donors (Lipinski definition) is 2. The number of anilines is 1. The monoisotopic (exact) mass is 377 g/mol. The van der Waals surface area contributed by atoms with Crippen LogP contribution in [-0.2, 0) is 16.0 Å². The number of nitrogens with zero attached hydrogens (tertiary/aromatic N) is 1. The van der Waals surface area contributed by atoms with Crippen molar-refractivity contribution in [2.24, 2.45) is 5.73 Å². The van der Waals surface area contributed by atoms with Crippen LogP contribution < -0.4 is 20.7 Å². The zero-order valence-corrected chi connectivity index (χ0v) is 15.9. The number of carbonyl (C=O) groups excluding carboxylic acids is 2. The second kappa shape index (κ2) is 9.82. The van der Waals surface area contributed by atoms with Gasteiger partial charge in [0, 0.05) is 12.8 Å². The first-order valence-electron chi connectivity index (χ1n) is 8.72. The molecule has 1 aliphatic heterocycles. The van der Waals surface area contributed by atoms with Crippen molar-refractivity contribution in [1.82, 2.24) is 5.32 Å². The topological polar surface area (TPSA) is 84.7 Å². The molecule has 3 N–H and O–H groups in total. The minimum absolute atomic E-state index is 0. The maximum absolute atomic E-state index is 12.2. The van der Waals surface area contributed by atoms with Gasteiger partial charge in [-0.25, -0.2) is 0 Å². The van der Waals surface area contributed by atoms with Crippen LogP contribution in [0, 0.1) is 0 Å². The van der Waals surface area contributed by atoms with E-state index in [-0.39, 0.29) is 20.4 Å². The molecule has 0 saturated carbocycles. The van der Waals surface area contributed by atoms with Crippen LogP contribution in [-0.4, -0.2) is 37.6 Å². The lowest BCUT2D eigenvalue weighted by molar-refractivity contribution is -0.125. The highest BCUT2D eigenvalue weighted by molar-refractivity contribution is 7.09. The van der Waals surface area contributed by atoms with Gasteiger partial charge in [-0.2, -0.15) is 0 Å². The van der Waals surface area contributed by atoms with Gasteiger partial charge in [-0.05, 0) is 30.0 Å². The molecule has 2 aromatic rings. The average Bonchev–Trinajstić information content (AvgIpc) is 3.16. The van der Waals surface area contributed by atoms with Crippen LogP contribution in [0.2, 0.25) is 0 Å². The number of amides is 2. The quantitative estimate of drug-likeness (QED) is 0.810. The molecule has 1 unspecified atom stereocenters. The third-order valence-corrected chi connectivity index (χ3v) is 4.72. The fraction of sp³-hybridized carbons (Fsp3) is 0.368. The van der Waals surface area contributed by atoms with Gasteiger partial charge >= 0.3 is 0 Å². The largest absolute Gasteiger partial charge is 0.477 e. The fourth-order valence-corrected chi connectivity index (χ4v) is 3.32. The summed E-state index contributed by atoms with van der Waals surface area (Å²) < 4.78 is 5.59. The number of benzene rings is 1. The van der Waals surface area contributed by atoms with Crippen molar-refractivity contribution in [1.29, 1.82) is 0 Å². The number of carbonyl (C=O) groups is 2. The Morgan fingerprint density at radius 1 is 1.31 bits per heavy atom. The molecular weight excluding hydrogens is 350 g/mol. The third-order valence-electron chi connectivity index (χ3n) is 3.79. The van der Waals surface area contributed by atoms with E-state index < -0.39 is 12.0 Å². The summed E-state index contributed by atoms with van der Waals surface area (Å²) in [5.41, 5.74) is 6.16. The number of fused-ring (bicyclic) bond motifs is 1. The van der Waals surface area contributed by atoms with Crippen LogP contribution in [0.5, 0.6) is 5.75 Å². The van der Waals surface area contributed by atoms with Crippen LogP contribution in [0.3, 0.4) is 0 Å². The number of hydrogen-bond acceptors (Lipinski definition) is 5. The van der Waals surface area contributed by atoms with E-state index in [4.69, 9.17) is 10.5 Å². The van der Waals surface area contributed by atoms with E-state index >= 15 is 0 Å². The average molecular weight is 378 g/mol. The second-order valence-electron chi connectivity index (χ2n) is 5.54. The lowest BCUT2D eigenvalue weighted by Crippen LogP contribution is -2.50.